The number of carbonyl (C=O) groups is 1. The minimum Gasteiger partial charge on any atom is -0.463 e. The van der Waals surface area contributed by atoms with Gasteiger partial charge in [0.25, 0.3) is 5.56 Å². The molecule has 0 spiro atoms. The summed E-state index contributed by atoms with van der Waals surface area (Å²) in [4.78, 5) is 32.4. The third-order valence-electron chi connectivity index (χ3n) is 4.11. The normalized spacial score (nSPS) is 16.1. The fraction of sp³-hybridized carbons (Fsp3) is 0.278. The molecule has 1 atom stereocenters. The lowest BCUT2D eigenvalue weighted by atomic mass is 9.82. The monoisotopic (exact) mass is 375 g/mol. The van der Waals surface area contributed by atoms with E-state index in [1.54, 1.807) is 32.2 Å². The molecule has 3 rings (SSSR count). The highest BCUT2D eigenvalue weighted by molar-refractivity contribution is 7.98. The van der Waals surface area contributed by atoms with E-state index in [2.05, 4.69) is 15.3 Å². The Morgan fingerprint density at radius 1 is 1.35 bits per heavy atom. The van der Waals surface area contributed by atoms with Crippen LogP contribution in [0.5, 0.6) is 0 Å². The van der Waals surface area contributed by atoms with E-state index >= 15 is 0 Å². The summed E-state index contributed by atoms with van der Waals surface area (Å²) < 4.78 is 18.6. The summed E-state index contributed by atoms with van der Waals surface area (Å²) in [5.41, 5.74) is 1.44. The summed E-state index contributed by atoms with van der Waals surface area (Å²) in [6, 6.07) is 5.72. The van der Waals surface area contributed by atoms with Crippen LogP contribution in [0.4, 0.5) is 10.2 Å². The van der Waals surface area contributed by atoms with Crippen molar-refractivity contribution in [3.05, 3.63) is 62.8 Å². The molecule has 2 N–H and O–H groups in total. The van der Waals surface area contributed by atoms with Crippen LogP contribution < -0.4 is 10.9 Å². The van der Waals surface area contributed by atoms with Gasteiger partial charge in [-0.3, -0.25) is 4.79 Å². The number of fused-ring (bicyclic) bond motifs is 1. The van der Waals surface area contributed by atoms with E-state index in [4.69, 9.17) is 4.74 Å². The number of benzene rings is 1. The molecule has 1 aliphatic rings. The Morgan fingerprint density at radius 3 is 2.65 bits per heavy atom. The molecule has 0 aliphatic carbocycles. The number of halogens is 1. The van der Waals surface area contributed by atoms with Gasteiger partial charge in [-0.15, -0.1) is 0 Å². The van der Waals surface area contributed by atoms with E-state index in [0.29, 0.717) is 33.4 Å². The van der Waals surface area contributed by atoms with Crippen molar-refractivity contribution in [3.8, 4) is 0 Å². The van der Waals surface area contributed by atoms with Gasteiger partial charge in [0, 0.05) is 5.70 Å². The highest BCUT2D eigenvalue weighted by Gasteiger charge is 2.36. The summed E-state index contributed by atoms with van der Waals surface area (Å²) in [5, 5.41) is 3.50. The van der Waals surface area contributed by atoms with Crippen LogP contribution >= 0.6 is 11.8 Å². The Balaban J connectivity index is 2.25. The molecule has 0 radical (unpaired) electrons. The zero-order valence-corrected chi connectivity index (χ0v) is 15.4. The second-order valence-corrected chi connectivity index (χ2v) is 6.50. The number of ether oxygens (including phenoxy) is 1. The van der Waals surface area contributed by atoms with Crippen molar-refractivity contribution in [2.24, 2.45) is 0 Å². The van der Waals surface area contributed by atoms with Gasteiger partial charge >= 0.3 is 5.97 Å². The summed E-state index contributed by atoms with van der Waals surface area (Å²) in [5.74, 6) is -1.23. The van der Waals surface area contributed by atoms with Gasteiger partial charge < -0.3 is 15.0 Å². The Hall–Kier alpha value is -2.61. The standard InChI is InChI=1S/C18H18FN3O3S/c1-4-25-17(24)12-9(2)20-15-14(16(23)22-18(21-15)26-3)13(12)10-5-7-11(19)8-6-10/h5-8,13H,4H2,1-3H3,(H2,20,21,22,23). The summed E-state index contributed by atoms with van der Waals surface area (Å²) >= 11 is 1.31. The molecule has 8 heteroatoms. The smallest absolute Gasteiger partial charge is 0.336 e. The number of hydrogen-bond donors (Lipinski definition) is 2. The molecule has 1 aromatic carbocycles. The van der Waals surface area contributed by atoms with Crippen molar-refractivity contribution in [1.29, 1.82) is 0 Å². The van der Waals surface area contributed by atoms with Crippen LogP contribution in [0.1, 0.15) is 30.9 Å². The number of esters is 1. The molecule has 0 fully saturated rings. The van der Waals surface area contributed by atoms with Gasteiger partial charge in [0.2, 0.25) is 0 Å². The molecular weight excluding hydrogens is 357 g/mol. The molecule has 1 aromatic heterocycles. The van der Waals surface area contributed by atoms with E-state index in [1.165, 1.54) is 23.9 Å². The highest BCUT2D eigenvalue weighted by Crippen LogP contribution is 2.39. The lowest BCUT2D eigenvalue weighted by Gasteiger charge is -2.28. The summed E-state index contributed by atoms with van der Waals surface area (Å²) in [6.45, 7) is 3.65. The quantitative estimate of drug-likeness (QED) is 0.485. The average molecular weight is 375 g/mol. The molecule has 0 bridgehead atoms. The maximum absolute atomic E-state index is 13.4. The molecule has 1 unspecified atom stereocenters. The fourth-order valence-electron chi connectivity index (χ4n) is 3.00. The minimum atomic E-state index is -0.696. The second kappa shape index (κ2) is 7.33. The van der Waals surface area contributed by atoms with Crippen LogP contribution in [0.3, 0.4) is 0 Å². The van der Waals surface area contributed by atoms with Crippen LogP contribution in [0, 0.1) is 5.82 Å². The predicted octanol–water partition coefficient (Wildman–Crippen LogP) is 3.03. The maximum atomic E-state index is 13.4. The second-order valence-electron chi connectivity index (χ2n) is 5.71. The van der Waals surface area contributed by atoms with Gasteiger partial charge in [-0.2, -0.15) is 0 Å². The van der Waals surface area contributed by atoms with Crippen LogP contribution in [0.25, 0.3) is 0 Å². The number of aromatic nitrogens is 2. The number of aromatic amines is 1. The van der Waals surface area contributed by atoms with Crippen molar-refractivity contribution in [3.63, 3.8) is 0 Å². The average Bonchev–Trinajstić information content (AvgIpc) is 2.61. The number of rotatable bonds is 4. The largest absolute Gasteiger partial charge is 0.463 e. The van der Waals surface area contributed by atoms with Crippen LogP contribution in [-0.2, 0) is 9.53 Å². The van der Waals surface area contributed by atoms with Gasteiger partial charge in [0.1, 0.15) is 11.6 Å². The number of thioether (sulfide) groups is 1. The van der Waals surface area contributed by atoms with Gasteiger partial charge in [0.15, 0.2) is 5.16 Å². The van der Waals surface area contributed by atoms with Crippen molar-refractivity contribution < 1.29 is 13.9 Å². The lowest BCUT2D eigenvalue weighted by Crippen LogP contribution is -2.31. The van der Waals surface area contributed by atoms with E-state index in [9.17, 15) is 14.0 Å². The van der Waals surface area contributed by atoms with Crippen LogP contribution in [0.15, 0.2) is 45.5 Å². The number of hydrogen-bond acceptors (Lipinski definition) is 6. The lowest BCUT2D eigenvalue weighted by molar-refractivity contribution is -0.138. The zero-order valence-electron chi connectivity index (χ0n) is 14.6. The van der Waals surface area contributed by atoms with Crippen molar-refractivity contribution >= 4 is 23.5 Å². The Morgan fingerprint density at radius 2 is 2.04 bits per heavy atom. The number of allylic oxidation sites excluding steroid dienone is 1. The summed E-state index contributed by atoms with van der Waals surface area (Å²) in [6.07, 6.45) is 1.80. The number of nitrogens with one attached hydrogen (secondary N) is 2. The summed E-state index contributed by atoms with van der Waals surface area (Å²) in [7, 11) is 0. The SMILES string of the molecule is CCOC(=O)C1=C(C)Nc2nc(SC)[nH]c(=O)c2C1c1ccc(F)cc1. The van der Waals surface area contributed by atoms with E-state index in [1.807, 2.05) is 0 Å². The number of anilines is 1. The van der Waals surface area contributed by atoms with Gasteiger partial charge in [-0.1, -0.05) is 23.9 Å². The number of carbonyl (C=O) groups excluding carboxylic acids is 1. The first-order chi connectivity index (χ1) is 12.5. The first-order valence-corrected chi connectivity index (χ1v) is 9.27. The minimum absolute atomic E-state index is 0.207. The molecule has 0 saturated heterocycles. The van der Waals surface area contributed by atoms with Crippen molar-refractivity contribution in [2.45, 2.75) is 24.9 Å². The first-order valence-electron chi connectivity index (χ1n) is 8.04. The molecule has 136 valence electrons. The maximum Gasteiger partial charge on any atom is 0.336 e. The highest BCUT2D eigenvalue weighted by atomic mass is 32.2. The van der Waals surface area contributed by atoms with E-state index in [0.717, 1.165) is 0 Å². The predicted molar refractivity (Wildman–Crippen MR) is 97.8 cm³/mol. The third-order valence-corrected chi connectivity index (χ3v) is 4.69. The van der Waals surface area contributed by atoms with Crippen molar-refractivity contribution in [2.75, 3.05) is 18.2 Å². The van der Waals surface area contributed by atoms with Gasteiger partial charge in [0.05, 0.1) is 23.7 Å². The third kappa shape index (κ3) is 3.24. The molecule has 0 amide bonds. The van der Waals surface area contributed by atoms with E-state index < -0.39 is 17.7 Å². The van der Waals surface area contributed by atoms with Crippen molar-refractivity contribution in [1.82, 2.24) is 9.97 Å². The van der Waals surface area contributed by atoms with E-state index in [-0.39, 0.29) is 12.2 Å². The van der Waals surface area contributed by atoms with Gasteiger partial charge in [-0.25, -0.2) is 14.2 Å². The number of nitrogens with zero attached hydrogens (tertiary/aromatic N) is 1. The van der Waals surface area contributed by atoms with Crippen LogP contribution in [0.2, 0.25) is 0 Å². The molecule has 2 heterocycles. The Labute approximate surface area is 153 Å². The molecule has 1 aliphatic heterocycles. The zero-order chi connectivity index (χ0) is 18.8. The van der Waals surface area contributed by atoms with Gasteiger partial charge in [-0.05, 0) is 37.8 Å². The van der Waals surface area contributed by atoms with Crippen LogP contribution in [-0.4, -0.2) is 28.8 Å². The Bertz CT molecular complexity index is 938. The first kappa shape index (κ1) is 18.2. The molecular formula is C18H18FN3O3S. The Kier molecular flexibility index (Phi) is 5.13. The fourth-order valence-corrected chi connectivity index (χ4v) is 3.37. The number of H-pyrrole nitrogens is 1. The molecule has 6 nitrogen and oxygen atoms in total. The molecule has 26 heavy (non-hydrogen) atoms. The molecule has 2 aromatic rings. The molecule has 0 saturated carbocycles. The topological polar surface area (TPSA) is 84.1 Å².